The van der Waals surface area contributed by atoms with E-state index < -0.39 is 10.0 Å². The number of hydrogen-bond donors (Lipinski definition) is 1. The lowest BCUT2D eigenvalue weighted by atomic mass is 10.4. The Hall–Kier alpha value is -0.270. The number of nitrogens with zero attached hydrogens (tertiary/aromatic N) is 4. The Morgan fingerprint density at radius 2 is 1.78 bits per heavy atom. The number of halogens is 1. The van der Waals surface area contributed by atoms with Crippen molar-refractivity contribution in [2.24, 2.45) is 4.99 Å². The fraction of sp³-hybridized carbons (Fsp3) is 0.875. The molecule has 0 radical (unpaired) electrons. The zero-order chi connectivity index (χ0) is 19.6. The van der Waals surface area contributed by atoms with Crippen LogP contribution in [0, 0.1) is 0 Å². The quantitative estimate of drug-likeness (QED) is 0.267. The minimum absolute atomic E-state index is 0. The maximum absolute atomic E-state index is 12.4. The summed E-state index contributed by atoms with van der Waals surface area (Å²) < 4.78 is 26.3. The maximum Gasteiger partial charge on any atom is 0.242 e. The summed E-state index contributed by atoms with van der Waals surface area (Å²) in [5, 5.41) is 3.12. The third kappa shape index (κ3) is 9.18. The minimum atomic E-state index is -3.27. The Balaban J connectivity index is 0.00000676. The molecule has 0 spiro atoms. The second-order valence-electron chi connectivity index (χ2n) is 5.99. The Kier molecular flexibility index (Phi) is 13.7. The Morgan fingerprint density at radius 1 is 1.19 bits per heavy atom. The number of aliphatic imine (C=N–C) groups is 1. The number of hydrogen-bond acceptors (Lipinski definition) is 5. The molecule has 1 heterocycles. The maximum atomic E-state index is 12.4. The van der Waals surface area contributed by atoms with Crippen LogP contribution in [0.15, 0.2) is 4.99 Å². The molecular formula is C16H34IN5O3S2. The monoisotopic (exact) mass is 535 g/mol. The van der Waals surface area contributed by atoms with Gasteiger partial charge < -0.3 is 15.1 Å². The lowest BCUT2D eigenvalue weighted by molar-refractivity contribution is -0.131. The van der Waals surface area contributed by atoms with Gasteiger partial charge in [0.2, 0.25) is 15.9 Å². The van der Waals surface area contributed by atoms with Crippen molar-refractivity contribution in [1.29, 1.82) is 0 Å². The molecular weight excluding hydrogens is 501 g/mol. The summed E-state index contributed by atoms with van der Waals surface area (Å²) in [6, 6.07) is 0. The van der Waals surface area contributed by atoms with Crippen molar-refractivity contribution >= 4 is 57.6 Å². The molecule has 1 saturated heterocycles. The summed E-state index contributed by atoms with van der Waals surface area (Å²) in [5.74, 6) is 2.27. The molecule has 1 aliphatic rings. The predicted octanol–water partition coefficient (Wildman–Crippen LogP) is 0.749. The molecule has 11 heteroatoms. The van der Waals surface area contributed by atoms with Crippen molar-refractivity contribution in [2.75, 3.05) is 70.1 Å². The van der Waals surface area contributed by atoms with E-state index in [0.29, 0.717) is 38.7 Å². The molecule has 160 valence electrons. The van der Waals surface area contributed by atoms with Crippen molar-refractivity contribution in [3.8, 4) is 0 Å². The highest BCUT2D eigenvalue weighted by Gasteiger charge is 2.23. The summed E-state index contributed by atoms with van der Waals surface area (Å²) in [6.45, 7) is 9.38. The number of amides is 1. The molecule has 1 aliphatic heterocycles. The fourth-order valence-corrected chi connectivity index (χ4v) is 5.10. The lowest BCUT2D eigenvalue weighted by Crippen LogP contribution is -2.46. The molecule has 27 heavy (non-hydrogen) atoms. The van der Waals surface area contributed by atoms with Crippen molar-refractivity contribution in [3.63, 3.8) is 0 Å². The third-order valence-electron chi connectivity index (χ3n) is 4.16. The molecule has 1 N–H and O–H groups in total. The fourth-order valence-electron chi connectivity index (χ4n) is 2.64. The second kappa shape index (κ2) is 13.8. The first-order valence-corrected chi connectivity index (χ1v) is 11.9. The summed E-state index contributed by atoms with van der Waals surface area (Å²) in [5.41, 5.74) is 0. The average Bonchev–Trinajstić information content (AvgIpc) is 2.62. The van der Waals surface area contributed by atoms with Crippen LogP contribution in [0.25, 0.3) is 0 Å². The van der Waals surface area contributed by atoms with Crippen molar-refractivity contribution in [3.05, 3.63) is 0 Å². The topological polar surface area (TPSA) is 85.3 Å². The van der Waals surface area contributed by atoms with Gasteiger partial charge in [0.05, 0.1) is 18.8 Å². The molecule has 0 atom stereocenters. The van der Waals surface area contributed by atoms with E-state index in [0.717, 1.165) is 11.5 Å². The smallest absolute Gasteiger partial charge is 0.242 e. The van der Waals surface area contributed by atoms with Crippen LogP contribution in [0.2, 0.25) is 0 Å². The van der Waals surface area contributed by atoms with Gasteiger partial charge in [0.1, 0.15) is 0 Å². The van der Waals surface area contributed by atoms with E-state index in [-0.39, 0.29) is 48.7 Å². The number of nitrogens with one attached hydrogen (secondary N) is 1. The number of sulfonamides is 1. The largest absolute Gasteiger partial charge is 0.357 e. The number of thioether (sulfide) groups is 1. The van der Waals surface area contributed by atoms with Gasteiger partial charge >= 0.3 is 0 Å². The molecule has 1 fully saturated rings. The summed E-state index contributed by atoms with van der Waals surface area (Å²) in [6.07, 6.45) is 0. The predicted molar refractivity (Wildman–Crippen MR) is 125 cm³/mol. The highest BCUT2D eigenvalue weighted by molar-refractivity contribution is 14.0. The second-order valence-corrected chi connectivity index (χ2v) is 9.30. The molecule has 1 rings (SSSR count). The number of rotatable bonds is 9. The van der Waals surface area contributed by atoms with E-state index in [1.165, 1.54) is 0 Å². The Labute approximate surface area is 185 Å². The van der Waals surface area contributed by atoms with Crippen LogP contribution in [0.4, 0.5) is 0 Å². The van der Waals surface area contributed by atoms with Crippen molar-refractivity contribution in [1.82, 2.24) is 19.4 Å². The van der Waals surface area contributed by atoms with Crippen LogP contribution in [-0.2, 0) is 14.8 Å². The molecule has 0 saturated carbocycles. The summed E-state index contributed by atoms with van der Waals surface area (Å²) in [7, 11) is -1.48. The number of carbonyl (C=O) groups is 1. The van der Waals surface area contributed by atoms with E-state index in [9.17, 15) is 13.2 Å². The van der Waals surface area contributed by atoms with Gasteiger partial charge in [-0.1, -0.05) is 0 Å². The van der Waals surface area contributed by atoms with Crippen LogP contribution < -0.4 is 5.32 Å². The van der Waals surface area contributed by atoms with Crippen LogP contribution in [-0.4, -0.2) is 105 Å². The van der Waals surface area contributed by atoms with E-state index in [2.05, 4.69) is 10.3 Å². The van der Waals surface area contributed by atoms with Crippen molar-refractivity contribution < 1.29 is 13.2 Å². The van der Waals surface area contributed by atoms with Crippen LogP contribution in [0.1, 0.15) is 20.8 Å². The van der Waals surface area contributed by atoms with E-state index >= 15 is 0 Å². The number of likely N-dealkylation sites (N-methyl/N-ethyl adjacent to an activating group) is 2. The van der Waals surface area contributed by atoms with E-state index in [1.807, 2.05) is 20.8 Å². The molecule has 0 aromatic rings. The molecule has 0 aliphatic carbocycles. The first kappa shape index (κ1) is 26.7. The van der Waals surface area contributed by atoms with Gasteiger partial charge in [0.25, 0.3) is 0 Å². The standard InChI is InChI=1S/C16H33N5O3S2.HI/c1-5-17-16(19(4)14-15(22)20(6-2)7-3)18-8-13-26(23,24)21-9-11-25-12-10-21;/h5-14H2,1-4H3,(H,17,18);1H. The van der Waals surface area contributed by atoms with Gasteiger partial charge in [-0.3, -0.25) is 9.79 Å². The minimum Gasteiger partial charge on any atom is -0.357 e. The number of guanidine groups is 1. The first-order chi connectivity index (χ1) is 12.4. The Morgan fingerprint density at radius 3 is 2.30 bits per heavy atom. The van der Waals surface area contributed by atoms with Crippen LogP contribution in [0.3, 0.4) is 0 Å². The highest BCUT2D eigenvalue weighted by Crippen LogP contribution is 2.13. The van der Waals surface area contributed by atoms with Gasteiger partial charge in [-0.15, -0.1) is 24.0 Å². The van der Waals surface area contributed by atoms with Crippen LogP contribution >= 0.6 is 35.7 Å². The highest BCUT2D eigenvalue weighted by atomic mass is 127. The number of carbonyl (C=O) groups excluding carboxylic acids is 1. The van der Waals surface area contributed by atoms with Gasteiger partial charge in [-0.2, -0.15) is 11.8 Å². The normalized spacial score (nSPS) is 15.8. The van der Waals surface area contributed by atoms with Gasteiger partial charge in [-0.05, 0) is 20.8 Å². The molecule has 1 amide bonds. The van der Waals surface area contributed by atoms with Gasteiger partial charge in [-0.25, -0.2) is 12.7 Å². The van der Waals surface area contributed by atoms with E-state index in [4.69, 9.17) is 0 Å². The summed E-state index contributed by atoms with van der Waals surface area (Å²) >= 11 is 1.78. The first-order valence-electron chi connectivity index (χ1n) is 9.18. The zero-order valence-electron chi connectivity index (χ0n) is 16.8. The molecule has 0 unspecified atom stereocenters. The molecule has 0 aromatic carbocycles. The third-order valence-corrected chi connectivity index (χ3v) is 6.95. The lowest BCUT2D eigenvalue weighted by Gasteiger charge is -2.26. The summed E-state index contributed by atoms with van der Waals surface area (Å²) in [4.78, 5) is 20.2. The van der Waals surface area contributed by atoms with E-state index in [1.54, 1.807) is 32.9 Å². The zero-order valence-corrected chi connectivity index (χ0v) is 20.8. The van der Waals surface area contributed by atoms with Gasteiger partial charge in [0.15, 0.2) is 5.96 Å². The van der Waals surface area contributed by atoms with Crippen LogP contribution in [0.5, 0.6) is 0 Å². The SMILES string of the molecule is CCNC(=NCCS(=O)(=O)N1CCSCC1)N(C)CC(=O)N(CC)CC.I. The molecule has 0 aromatic heterocycles. The van der Waals surface area contributed by atoms with Gasteiger partial charge in [0, 0.05) is 51.3 Å². The molecule has 8 nitrogen and oxygen atoms in total. The average molecular weight is 536 g/mol. The Bertz CT molecular complexity index is 564. The van der Waals surface area contributed by atoms with Crippen molar-refractivity contribution in [2.45, 2.75) is 20.8 Å². The molecule has 0 bridgehead atoms.